The van der Waals surface area contributed by atoms with Crippen molar-refractivity contribution in [2.75, 3.05) is 34.0 Å². The summed E-state index contributed by atoms with van der Waals surface area (Å²) < 4.78 is 16.4. The van der Waals surface area contributed by atoms with Crippen molar-refractivity contribution < 1.29 is 23.8 Å². The third-order valence-electron chi connectivity index (χ3n) is 4.00. The highest BCUT2D eigenvalue weighted by atomic mass is 79.9. The number of methoxy groups -OCH3 is 2. The Bertz CT molecular complexity index is 769. The summed E-state index contributed by atoms with van der Waals surface area (Å²) in [5, 5.41) is 0. The molecule has 7 heteroatoms. The Labute approximate surface area is 161 Å². The Morgan fingerprint density at radius 1 is 1.31 bits per heavy atom. The van der Waals surface area contributed by atoms with Gasteiger partial charge in [0.2, 0.25) is 0 Å². The second-order valence-electron chi connectivity index (χ2n) is 5.57. The lowest BCUT2D eigenvalue weighted by Gasteiger charge is -2.16. The summed E-state index contributed by atoms with van der Waals surface area (Å²) in [7, 11) is 3.12. The molecule has 0 radical (unpaired) electrons. The lowest BCUT2D eigenvalue weighted by Crippen LogP contribution is -2.28. The van der Waals surface area contributed by atoms with E-state index in [0.717, 1.165) is 4.47 Å². The third-order valence-corrected chi connectivity index (χ3v) is 4.49. The first-order valence-electron chi connectivity index (χ1n) is 8.19. The molecule has 1 heterocycles. The first kappa shape index (κ1) is 20.2. The number of benzene rings is 1. The third kappa shape index (κ3) is 4.16. The van der Waals surface area contributed by atoms with Crippen LogP contribution in [-0.4, -0.2) is 50.8 Å². The Kier molecular flexibility index (Phi) is 6.99. The van der Waals surface area contributed by atoms with Gasteiger partial charge in [0.05, 0.1) is 31.5 Å². The summed E-state index contributed by atoms with van der Waals surface area (Å²) in [6.45, 7) is 4.42. The van der Waals surface area contributed by atoms with Gasteiger partial charge in [0.15, 0.2) is 0 Å². The minimum Gasteiger partial charge on any atom is -0.496 e. The number of nitrogens with zero attached hydrogens (tertiary/aromatic N) is 1. The van der Waals surface area contributed by atoms with Crippen molar-refractivity contribution in [3.63, 3.8) is 0 Å². The summed E-state index contributed by atoms with van der Waals surface area (Å²) in [5.74, 6) is -0.173. The lowest BCUT2D eigenvalue weighted by molar-refractivity contribution is -0.138. The molecule has 0 atom stereocenters. The van der Waals surface area contributed by atoms with Crippen LogP contribution in [0.5, 0.6) is 5.75 Å². The van der Waals surface area contributed by atoms with Crippen molar-refractivity contribution in [1.82, 2.24) is 4.90 Å². The normalized spacial score (nSPS) is 15.8. The zero-order valence-electron chi connectivity index (χ0n) is 15.3. The van der Waals surface area contributed by atoms with Crippen LogP contribution < -0.4 is 4.74 Å². The molecule has 0 aromatic heterocycles. The molecule has 0 saturated heterocycles. The monoisotopic (exact) mass is 423 g/mol. The maximum Gasteiger partial charge on any atom is 0.340 e. The molecule has 0 fully saturated rings. The quantitative estimate of drug-likeness (QED) is 0.497. The number of halogens is 1. The topological polar surface area (TPSA) is 65.1 Å². The second kappa shape index (κ2) is 9.00. The molecule has 1 amide bonds. The fourth-order valence-corrected chi connectivity index (χ4v) is 3.13. The largest absolute Gasteiger partial charge is 0.496 e. The zero-order chi connectivity index (χ0) is 19.3. The van der Waals surface area contributed by atoms with E-state index in [9.17, 15) is 9.59 Å². The maximum absolute atomic E-state index is 12.9. The number of hydrogen-bond acceptors (Lipinski definition) is 5. The van der Waals surface area contributed by atoms with Crippen LogP contribution in [0.4, 0.5) is 0 Å². The van der Waals surface area contributed by atoms with E-state index in [2.05, 4.69) is 15.9 Å². The number of esters is 1. The summed E-state index contributed by atoms with van der Waals surface area (Å²) >= 11 is 3.42. The van der Waals surface area contributed by atoms with Crippen LogP contribution in [0, 0.1) is 0 Å². The Morgan fingerprint density at radius 2 is 2.04 bits per heavy atom. The molecule has 2 rings (SSSR count). The first-order valence-corrected chi connectivity index (χ1v) is 8.98. The minimum atomic E-state index is -0.515. The van der Waals surface area contributed by atoms with Crippen molar-refractivity contribution in [1.29, 1.82) is 0 Å². The smallest absolute Gasteiger partial charge is 0.340 e. The van der Waals surface area contributed by atoms with Crippen molar-refractivity contribution >= 4 is 33.9 Å². The highest BCUT2D eigenvalue weighted by molar-refractivity contribution is 9.10. The van der Waals surface area contributed by atoms with Crippen LogP contribution in [0.25, 0.3) is 6.08 Å². The van der Waals surface area contributed by atoms with Crippen LogP contribution in [0.2, 0.25) is 0 Å². The van der Waals surface area contributed by atoms with Crippen molar-refractivity contribution in [2.45, 2.75) is 13.8 Å². The van der Waals surface area contributed by atoms with E-state index in [1.807, 2.05) is 12.1 Å². The molecule has 1 aliphatic heterocycles. The second-order valence-corrected chi connectivity index (χ2v) is 6.49. The molecular formula is C19H22BrNO5. The number of carbonyl (C=O) groups excluding carboxylic acids is 2. The van der Waals surface area contributed by atoms with Crippen LogP contribution in [0.3, 0.4) is 0 Å². The average Bonchev–Trinajstić information content (AvgIpc) is 2.84. The molecule has 0 bridgehead atoms. The molecule has 6 nitrogen and oxygen atoms in total. The molecule has 0 spiro atoms. The summed E-state index contributed by atoms with van der Waals surface area (Å²) in [6, 6.07) is 5.46. The van der Waals surface area contributed by atoms with E-state index in [0.29, 0.717) is 30.2 Å². The number of ether oxygens (including phenoxy) is 3. The van der Waals surface area contributed by atoms with E-state index in [1.54, 1.807) is 40.2 Å². The van der Waals surface area contributed by atoms with E-state index in [-0.39, 0.29) is 23.7 Å². The predicted molar refractivity (Wildman–Crippen MR) is 102 cm³/mol. The van der Waals surface area contributed by atoms with Gasteiger partial charge in [-0.25, -0.2) is 4.79 Å². The maximum atomic E-state index is 12.9. The highest BCUT2D eigenvalue weighted by Gasteiger charge is 2.37. The number of allylic oxidation sites excluding steroid dienone is 1. The van der Waals surface area contributed by atoms with Gasteiger partial charge in [-0.1, -0.05) is 15.9 Å². The fourth-order valence-electron chi connectivity index (χ4n) is 2.75. The summed E-state index contributed by atoms with van der Waals surface area (Å²) in [5.41, 5.74) is 1.81. The summed E-state index contributed by atoms with van der Waals surface area (Å²) in [6.07, 6.45) is 1.66. The zero-order valence-corrected chi connectivity index (χ0v) is 16.9. The van der Waals surface area contributed by atoms with Gasteiger partial charge in [0.25, 0.3) is 5.91 Å². The van der Waals surface area contributed by atoms with Crippen LogP contribution >= 0.6 is 15.9 Å². The molecule has 1 aliphatic rings. The molecule has 26 heavy (non-hydrogen) atoms. The van der Waals surface area contributed by atoms with Crippen molar-refractivity contribution in [3.05, 3.63) is 45.1 Å². The van der Waals surface area contributed by atoms with E-state index < -0.39 is 5.97 Å². The fraction of sp³-hybridized carbons (Fsp3) is 0.368. The van der Waals surface area contributed by atoms with Gasteiger partial charge in [0, 0.05) is 29.4 Å². The Hall–Kier alpha value is -2.12. The SMILES string of the molecule is CCOC(=O)C1=C(C)N(CCOC)C(=O)/C1=C\c1cc(Br)ccc1OC. The van der Waals surface area contributed by atoms with Gasteiger partial charge in [-0.3, -0.25) is 4.79 Å². The van der Waals surface area contributed by atoms with Gasteiger partial charge in [-0.05, 0) is 38.1 Å². The number of rotatable bonds is 7. The van der Waals surface area contributed by atoms with Gasteiger partial charge in [-0.2, -0.15) is 0 Å². The standard InChI is InChI=1S/C19H22BrNO5/c1-5-26-19(23)17-12(2)21(8-9-24-3)18(22)15(17)11-13-10-14(20)6-7-16(13)25-4/h6-7,10-11H,5,8-9H2,1-4H3/b15-11-. The summed E-state index contributed by atoms with van der Waals surface area (Å²) in [4.78, 5) is 26.9. The number of hydrogen-bond donors (Lipinski definition) is 0. The number of amides is 1. The van der Waals surface area contributed by atoms with E-state index in [1.165, 1.54) is 4.90 Å². The van der Waals surface area contributed by atoms with Gasteiger partial charge >= 0.3 is 5.97 Å². The van der Waals surface area contributed by atoms with Gasteiger partial charge in [-0.15, -0.1) is 0 Å². The Morgan fingerprint density at radius 3 is 2.65 bits per heavy atom. The minimum absolute atomic E-state index is 0.232. The predicted octanol–water partition coefficient (Wildman–Crippen LogP) is 3.17. The van der Waals surface area contributed by atoms with Crippen LogP contribution in [-0.2, 0) is 19.1 Å². The molecular weight excluding hydrogens is 402 g/mol. The highest BCUT2D eigenvalue weighted by Crippen LogP contribution is 2.34. The molecule has 0 unspecified atom stereocenters. The van der Waals surface area contributed by atoms with Crippen LogP contribution in [0.15, 0.2) is 39.5 Å². The molecule has 0 aliphatic carbocycles. The van der Waals surface area contributed by atoms with Crippen molar-refractivity contribution in [3.8, 4) is 5.75 Å². The average molecular weight is 424 g/mol. The number of carbonyl (C=O) groups is 2. The molecule has 1 aromatic carbocycles. The van der Waals surface area contributed by atoms with Gasteiger partial charge < -0.3 is 19.1 Å². The van der Waals surface area contributed by atoms with E-state index >= 15 is 0 Å². The van der Waals surface area contributed by atoms with E-state index in [4.69, 9.17) is 14.2 Å². The molecule has 0 saturated carbocycles. The van der Waals surface area contributed by atoms with Crippen LogP contribution in [0.1, 0.15) is 19.4 Å². The molecule has 140 valence electrons. The molecule has 1 aromatic rings. The Balaban J connectivity index is 2.55. The van der Waals surface area contributed by atoms with Gasteiger partial charge in [0.1, 0.15) is 5.75 Å². The van der Waals surface area contributed by atoms with Crippen molar-refractivity contribution in [2.24, 2.45) is 0 Å². The lowest BCUT2D eigenvalue weighted by atomic mass is 10.0. The first-order chi connectivity index (χ1) is 12.4. The molecule has 0 N–H and O–H groups in total.